The van der Waals surface area contributed by atoms with Gasteiger partial charge in [0.05, 0.1) is 19.8 Å². The summed E-state index contributed by atoms with van der Waals surface area (Å²) in [5, 5.41) is 30.7. The number of aliphatic hydroxyl groups is 3. The SMILES string of the molecule is CCCCC/C=C\CCCCCCCC(=O)OC(COCCCCCCCCCCCCCC/C=C\C/C=C\CCCCCCC)COC1OC(CO)C(O)C(OS(=O)(=O)O)C1O. The predicted molar refractivity (Wildman–Crippen MR) is 253 cm³/mol. The molecule has 0 bridgehead atoms. The van der Waals surface area contributed by atoms with Crippen molar-refractivity contribution in [3.63, 3.8) is 0 Å². The van der Waals surface area contributed by atoms with Crippen LogP contribution < -0.4 is 0 Å². The van der Waals surface area contributed by atoms with Crippen LogP contribution >= 0.6 is 0 Å². The molecule has 0 saturated carbocycles. The fraction of sp³-hybridized carbons (Fsp3) is 0.860. The first-order valence-electron chi connectivity index (χ1n) is 25.2. The molecule has 63 heavy (non-hydrogen) atoms. The Hall–Kier alpha value is -1.68. The number of allylic oxidation sites excluding steroid dienone is 6. The number of hydrogen-bond donors (Lipinski definition) is 4. The lowest BCUT2D eigenvalue weighted by molar-refractivity contribution is -0.301. The second-order valence-corrected chi connectivity index (χ2v) is 18.4. The smallest absolute Gasteiger partial charge is 0.397 e. The van der Waals surface area contributed by atoms with Gasteiger partial charge in [0.25, 0.3) is 0 Å². The van der Waals surface area contributed by atoms with Crippen LogP contribution in [0.2, 0.25) is 0 Å². The molecule has 0 aromatic rings. The molecule has 0 aromatic heterocycles. The molecule has 0 aromatic carbocycles. The number of carbonyl (C=O) groups excluding carboxylic acids is 1. The summed E-state index contributed by atoms with van der Waals surface area (Å²) in [6.45, 7) is 3.95. The highest BCUT2D eigenvalue weighted by Crippen LogP contribution is 2.26. The summed E-state index contributed by atoms with van der Waals surface area (Å²) in [4.78, 5) is 12.8. The molecular formula is C50H92O12S. The summed E-state index contributed by atoms with van der Waals surface area (Å²) in [7, 11) is -5.06. The van der Waals surface area contributed by atoms with Crippen molar-refractivity contribution in [1.29, 1.82) is 0 Å². The highest BCUT2D eigenvalue weighted by molar-refractivity contribution is 7.80. The van der Waals surface area contributed by atoms with Gasteiger partial charge in [-0.15, -0.1) is 0 Å². The third kappa shape index (κ3) is 35.2. The van der Waals surface area contributed by atoms with Crippen LogP contribution in [0, 0.1) is 0 Å². The van der Waals surface area contributed by atoms with Crippen LogP contribution in [0.15, 0.2) is 36.5 Å². The van der Waals surface area contributed by atoms with E-state index in [9.17, 15) is 33.1 Å². The Morgan fingerprint density at radius 1 is 0.603 bits per heavy atom. The van der Waals surface area contributed by atoms with Gasteiger partial charge in [0.15, 0.2) is 6.29 Å². The minimum atomic E-state index is -5.06. The third-order valence-electron chi connectivity index (χ3n) is 11.5. The van der Waals surface area contributed by atoms with Crippen LogP contribution in [0.25, 0.3) is 0 Å². The average molecular weight is 917 g/mol. The van der Waals surface area contributed by atoms with E-state index < -0.39 is 59.8 Å². The molecule has 12 nitrogen and oxygen atoms in total. The van der Waals surface area contributed by atoms with Crippen molar-refractivity contribution in [2.45, 2.75) is 250 Å². The maximum atomic E-state index is 12.8. The second kappa shape index (κ2) is 41.7. The van der Waals surface area contributed by atoms with Crippen LogP contribution in [-0.4, -0.2) is 97.5 Å². The van der Waals surface area contributed by atoms with E-state index >= 15 is 0 Å². The fourth-order valence-corrected chi connectivity index (χ4v) is 8.15. The highest BCUT2D eigenvalue weighted by atomic mass is 32.3. The molecule has 1 fully saturated rings. The number of unbranched alkanes of at least 4 members (excludes halogenated alkanes) is 25. The number of esters is 1. The summed E-state index contributed by atoms with van der Waals surface area (Å²) in [5.74, 6) is -0.408. The number of aliphatic hydroxyl groups excluding tert-OH is 3. The van der Waals surface area contributed by atoms with Gasteiger partial charge in [-0.05, 0) is 70.6 Å². The standard InChI is InChI=1S/C50H92O12S/c1-3-5-7-9-11-13-15-17-18-19-20-21-22-23-24-25-26-27-28-30-32-34-36-38-40-58-42-44(60-46(52)39-37-35-33-31-29-16-14-12-10-8-6-4-2)43-59-50-48(54)49(62-63(55,56)57)47(53)45(41-51)61-50/h12,14-15,17,19-20,44-45,47-51,53-54H,3-11,13,16,18,21-43H2,1-2H3,(H,55,56,57)/b14-12-,17-15-,20-19-. The molecular weight excluding hydrogens is 825 g/mol. The summed E-state index contributed by atoms with van der Waals surface area (Å²) < 4.78 is 59.1. The van der Waals surface area contributed by atoms with E-state index in [1.54, 1.807) is 0 Å². The van der Waals surface area contributed by atoms with Crippen molar-refractivity contribution < 1.29 is 56.2 Å². The molecule has 4 N–H and O–H groups in total. The van der Waals surface area contributed by atoms with Crippen molar-refractivity contribution in [2.75, 3.05) is 26.4 Å². The predicted octanol–water partition coefficient (Wildman–Crippen LogP) is 11.4. The van der Waals surface area contributed by atoms with Crippen molar-refractivity contribution in [3.8, 4) is 0 Å². The largest absolute Gasteiger partial charge is 0.457 e. The van der Waals surface area contributed by atoms with E-state index in [2.05, 4.69) is 54.5 Å². The van der Waals surface area contributed by atoms with E-state index in [0.29, 0.717) is 13.0 Å². The number of hydrogen-bond acceptors (Lipinski definition) is 11. The zero-order chi connectivity index (χ0) is 46.1. The Morgan fingerprint density at radius 3 is 1.56 bits per heavy atom. The molecule has 1 saturated heterocycles. The van der Waals surface area contributed by atoms with Gasteiger partial charge in [-0.3, -0.25) is 9.35 Å². The van der Waals surface area contributed by atoms with Crippen LogP contribution in [-0.2, 0) is 38.3 Å². The van der Waals surface area contributed by atoms with Gasteiger partial charge >= 0.3 is 16.4 Å². The lowest BCUT2D eigenvalue weighted by Crippen LogP contribution is -2.60. The summed E-state index contributed by atoms with van der Waals surface area (Å²) in [6.07, 6.45) is 40.4. The maximum absolute atomic E-state index is 12.8. The van der Waals surface area contributed by atoms with E-state index in [1.807, 2.05) is 0 Å². The second-order valence-electron chi connectivity index (χ2n) is 17.4. The number of carbonyl (C=O) groups is 1. The lowest BCUT2D eigenvalue weighted by Gasteiger charge is -2.41. The third-order valence-corrected chi connectivity index (χ3v) is 12.0. The Bertz CT molecular complexity index is 1240. The monoisotopic (exact) mass is 917 g/mol. The van der Waals surface area contributed by atoms with Gasteiger partial charge in [0.1, 0.15) is 30.5 Å². The minimum absolute atomic E-state index is 0.0329. The van der Waals surface area contributed by atoms with Gasteiger partial charge in [-0.2, -0.15) is 8.42 Å². The summed E-state index contributed by atoms with van der Waals surface area (Å²) in [6, 6.07) is 0. The highest BCUT2D eigenvalue weighted by Gasteiger charge is 2.48. The van der Waals surface area contributed by atoms with E-state index in [-0.39, 0.29) is 19.6 Å². The van der Waals surface area contributed by atoms with Gasteiger partial charge < -0.3 is 34.3 Å². The first-order chi connectivity index (χ1) is 30.6. The Kier molecular flexibility index (Phi) is 39.3. The molecule has 1 heterocycles. The average Bonchev–Trinajstić information content (AvgIpc) is 3.26. The van der Waals surface area contributed by atoms with Crippen molar-refractivity contribution in [2.24, 2.45) is 0 Å². The van der Waals surface area contributed by atoms with Crippen LogP contribution in [0.3, 0.4) is 0 Å². The van der Waals surface area contributed by atoms with E-state index in [1.165, 1.54) is 122 Å². The van der Waals surface area contributed by atoms with Gasteiger partial charge in [-0.1, -0.05) is 172 Å². The molecule has 0 amide bonds. The van der Waals surface area contributed by atoms with Crippen LogP contribution in [0.4, 0.5) is 0 Å². The van der Waals surface area contributed by atoms with Gasteiger partial charge in [0, 0.05) is 13.0 Å². The number of rotatable bonds is 44. The zero-order valence-corrected chi connectivity index (χ0v) is 40.5. The number of ether oxygens (including phenoxy) is 4. The Labute approximate surface area is 383 Å². The maximum Gasteiger partial charge on any atom is 0.397 e. The molecule has 1 aliphatic heterocycles. The first kappa shape index (κ1) is 59.3. The first-order valence-corrected chi connectivity index (χ1v) is 26.6. The topological polar surface area (TPSA) is 178 Å². The Balaban J connectivity index is 2.31. The molecule has 0 spiro atoms. The van der Waals surface area contributed by atoms with Crippen molar-refractivity contribution in [1.82, 2.24) is 0 Å². The molecule has 6 unspecified atom stereocenters. The van der Waals surface area contributed by atoms with Crippen LogP contribution in [0.1, 0.15) is 213 Å². The fourth-order valence-electron chi connectivity index (χ4n) is 7.64. The molecule has 370 valence electrons. The minimum Gasteiger partial charge on any atom is -0.457 e. The molecule has 1 rings (SSSR count). The summed E-state index contributed by atoms with van der Waals surface area (Å²) in [5.41, 5.74) is 0. The van der Waals surface area contributed by atoms with Crippen molar-refractivity contribution in [3.05, 3.63) is 36.5 Å². The molecule has 0 radical (unpaired) electrons. The van der Waals surface area contributed by atoms with E-state index in [4.69, 9.17) is 18.9 Å². The zero-order valence-electron chi connectivity index (χ0n) is 39.6. The van der Waals surface area contributed by atoms with Crippen LogP contribution in [0.5, 0.6) is 0 Å². The molecule has 1 aliphatic rings. The normalized spacial score (nSPS) is 20.1. The molecule has 6 atom stereocenters. The quantitative estimate of drug-likeness (QED) is 0.0197. The lowest BCUT2D eigenvalue weighted by atomic mass is 9.99. The van der Waals surface area contributed by atoms with Gasteiger partial charge in [-0.25, -0.2) is 4.18 Å². The van der Waals surface area contributed by atoms with Crippen molar-refractivity contribution >= 4 is 16.4 Å². The molecule has 13 heteroatoms. The summed E-state index contributed by atoms with van der Waals surface area (Å²) >= 11 is 0. The Morgan fingerprint density at radius 2 is 1.05 bits per heavy atom. The van der Waals surface area contributed by atoms with Gasteiger partial charge in [0.2, 0.25) is 0 Å². The molecule has 0 aliphatic carbocycles. The van der Waals surface area contributed by atoms with E-state index in [0.717, 1.165) is 64.2 Å².